The Balaban J connectivity index is 1.92. The summed E-state index contributed by atoms with van der Waals surface area (Å²) in [6.07, 6.45) is 2.90. The summed E-state index contributed by atoms with van der Waals surface area (Å²) >= 11 is 0. The molecule has 6 heteroatoms. The van der Waals surface area contributed by atoms with Gasteiger partial charge in [0.1, 0.15) is 5.82 Å². The Hall–Kier alpha value is -2.37. The van der Waals surface area contributed by atoms with Crippen molar-refractivity contribution >= 4 is 18.1 Å². The van der Waals surface area contributed by atoms with Gasteiger partial charge in [0, 0.05) is 31.8 Å². The van der Waals surface area contributed by atoms with Gasteiger partial charge < -0.3 is 14.5 Å². The molecule has 1 aliphatic rings. The standard InChI is InChI=1S/C19H25FN2O3/c1-4-25-19(24)21(3)17-9-11-22(12-10-17)18(23)14(2)13-15-5-7-16(20)8-6-15/h5-8,13,17H,4,9-12H2,1-3H3. The second kappa shape index (κ2) is 8.65. The summed E-state index contributed by atoms with van der Waals surface area (Å²) in [6, 6.07) is 6.13. The summed E-state index contributed by atoms with van der Waals surface area (Å²) in [5, 5.41) is 0. The summed E-state index contributed by atoms with van der Waals surface area (Å²) < 4.78 is 18.0. The summed E-state index contributed by atoms with van der Waals surface area (Å²) in [7, 11) is 1.74. The zero-order valence-electron chi connectivity index (χ0n) is 15.0. The molecule has 0 saturated carbocycles. The van der Waals surface area contributed by atoms with Crippen LogP contribution in [0.5, 0.6) is 0 Å². The van der Waals surface area contributed by atoms with Crippen molar-refractivity contribution in [2.45, 2.75) is 32.7 Å². The molecule has 0 unspecified atom stereocenters. The van der Waals surface area contributed by atoms with Crippen molar-refractivity contribution in [2.75, 3.05) is 26.7 Å². The number of ether oxygens (including phenoxy) is 1. The SMILES string of the molecule is CCOC(=O)N(C)C1CCN(C(=O)C(C)=Cc2ccc(F)cc2)CC1. The number of nitrogens with zero attached hydrogens (tertiary/aromatic N) is 2. The van der Waals surface area contributed by atoms with Crippen molar-refractivity contribution in [1.82, 2.24) is 9.80 Å². The van der Waals surface area contributed by atoms with E-state index in [1.54, 1.807) is 48.9 Å². The molecule has 136 valence electrons. The van der Waals surface area contributed by atoms with Crippen LogP contribution in [0.4, 0.5) is 9.18 Å². The summed E-state index contributed by atoms with van der Waals surface area (Å²) in [5.74, 6) is -0.324. The number of rotatable bonds is 4. The minimum Gasteiger partial charge on any atom is -0.450 e. The van der Waals surface area contributed by atoms with Crippen LogP contribution in [0.25, 0.3) is 6.08 Å². The van der Waals surface area contributed by atoms with Crippen LogP contribution < -0.4 is 0 Å². The first-order chi connectivity index (χ1) is 11.9. The second-order valence-corrected chi connectivity index (χ2v) is 6.21. The molecule has 0 aliphatic carbocycles. The number of hydrogen-bond donors (Lipinski definition) is 0. The van der Waals surface area contributed by atoms with E-state index in [9.17, 15) is 14.0 Å². The Bertz CT molecular complexity index is 635. The van der Waals surface area contributed by atoms with Crippen molar-refractivity contribution in [3.63, 3.8) is 0 Å². The van der Waals surface area contributed by atoms with Crippen LogP contribution in [0.1, 0.15) is 32.3 Å². The summed E-state index contributed by atoms with van der Waals surface area (Å²) in [4.78, 5) is 27.8. The molecule has 0 spiro atoms. The fourth-order valence-corrected chi connectivity index (χ4v) is 2.95. The minimum absolute atomic E-state index is 0.0263. The lowest BCUT2D eigenvalue weighted by Crippen LogP contribution is -2.47. The average Bonchev–Trinajstić information content (AvgIpc) is 2.62. The van der Waals surface area contributed by atoms with Crippen LogP contribution in [0.3, 0.4) is 0 Å². The maximum atomic E-state index is 12.9. The number of piperidine rings is 1. The van der Waals surface area contributed by atoms with E-state index in [1.165, 1.54) is 12.1 Å². The van der Waals surface area contributed by atoms with E-state index in [-0.39, 0.29) is 23.9 Å². The fourth-order valence-electron chi connectivity index (χ4n) is 2.95. The number of amides is 2. The largest absolute Gasteiger partial charge is 0.450 e. The van der Waals surface area contributed by atoms with Crippen molar-refractivity contribution in [2.24, 2.45) is 0 Å². The van der Waals surface area contributed by atoms with Gasteiger partial charge in [-0.25, -0.2) is 9.18 Å². The van der Waals surface area contributed by atoms with Crippen molar-refractivity contribution in [3.05, 3.63) is 41.2 Å². The first-order valence-corrected chi connectivity index (χ1v) is 8.55. The highest BCUT2D eigenvalue weighted by Crippen LogP contribution is 2.19. The lowest BCUT2D eigenvalue weighted by molar-refractivity contribution is -0.128. The van der Waals surface area contributed by atoms with Gasteiger partial charge in [0.25, 0.3) is 0 Å². The molecule has 1 aliphatic heterocycles. The molecule has 5 nitrogen and oxygen atoms in total. The van der Waals surface area contributed by atoms with Crippen LogP contribution >= 0.6 is 0 Å². The third-order valence-corrected chi connectivity index (χ3v) is 4.45. The van der Waals surface area contributed by atoms with E-state index in [2.05, 4.69) is 0 Å². The first-order valence-electron chi connectivity index (χ1n) is 8.55. The third-order valence-electron chi connectivity index (χ3n) is 4.45. The average molecular weight is 348 g/mol. The van der Waals surface area contributed by atoms with E-state index in [1.807, 2.05) is 0 Å². The van der Waals surface area contributed by atoms with Crippen LogP contribution in [0, 0.1) is 5.82 Å². The van der Waals surface area contributed by atoms with Crippen LogP contribution in [-0.4, -0.2) is 54.6 Å². The fraction of sp³-hybridized carbons (Fsp3) is 0.474. The molecule has 25 heavy (non-hydrogen) atoms. The van der Waals surface area contributed by atoms with E-state index < -0.39 is 0 Å². The molecule has 0 atom stereocenters. The number of carbonyl (C=O) groups excluding carboxylic acids is 2. The molecular weight excluding hydrogens is 323 g/mol. The third kappa shape index (κ3) is 5.05. The van der Waals surface area contributed by atoms with Crippen LogP contribution in [-0.2, 0) is 9.53 Å². The molecule has 0 N–H and O–H groups in total. The highest BCUT2D eigenvalue weighted by Gasteiger charge is 2.28. The van der Waals surface area contributed by atoms with Crippen molar-refractivity contribution < 1.29 is 18.7 Å². The quantitative estimate of drug-likeness (QED) is 0.785. The minimum atomic E-state index is -0.320. The normalized spacial score (nSPS) is 15.8. The number of carbonyl (C=O) groups is 2. The summed E-state index contributed by atoms with van der Waals surface area (Å²) in [6.45, 7) is 5.10. The molecule has 0 radical (unpaired) electrons. The van der Waals surface area contributed by atoms with Gasteiger partial charge in [-0.1, -0.05) is 12.1 Å². The zero-order chi connectivity index (χ0) is 18.4. The molecule has 2 amide bonds. The van der Waals surface area contributed by atoms with Crippen LogP contribution in [0.15, 0.2) is 29.8 Å². The first kappa shape index (κ1) is 19.0. The van der Waals surface area contributed by atoms with Gasteiger partial charge in [-0.15, -0.1) is 0 Å². The van der Waals surface area contributed by atoms with E-state index in [0.717, 1.165) is 18.4 Å². The Morgan fingerprint density at radius 2 is 1.88 bits per heavy atom. The molecule has 1 fully saturated rings. The molecular formula is C19H25FN2O3. The predicted octanol–water partition coefficient (Wildman–Crippen LogP) is 3.31. The number of benzene rings is 1. The molecule has 1 heterocycles. The van der Waals surface area contributed by atoms with Gasteiger partial charge in [0.15, 0.2) is 0 Å². The van der Waals surface area contributed by atoms with Gasteiger partial charge in [-0.3, -0.25) is 4.79 Å². The highest BCUT2D eigenvalue weighted by atomic mass is 19.1. The molecule has 2 rings (SSSR count). The van der Waals surface area contributed by atoms with E-state index in [0.29, 0.717) is 25.3 Å². The molecule has 0 aromatic heterocycles. The maximum absolute atomic E-state index is 12.9. The Labute approximate surface area is 148 Å². The maximum Gasteiger partial charge on any atom is 0.409 e. The number of halogens is 1. The molecule has 1 aromatic rings. The molecule has 1 saturated heterocycles. The number of likely N-dealkylation sites (tertiary alicyclic amines) is 1. The van der Waals surface area contributed by atoms with Gasteiger partial charge in [-0.2, -0.15) is 0 Å². The van der Waals surface area contributed by atoms with Crippen molar-refractivity contribution in [1.29, 1.82) is 0 Å². The van der Waals surface area contributed by atoms with Gasteiger partial charge in [0.05, 0.1) is 6.61 Å². The Morgan fingerprint density at radius 3 is 2.44 bits per heavy atom. The van der Waals surface area contributed by atoms with Gasteiger partial charge in [0.2, 0.25) is 5.91 Å². The van der Waals surface area contributed by atoms with Crippen LogP contribution in [0.2, 0.25) is 0 Å². The monoisotopic (exact) mass is 348 g/mol. The Kier molecular flexibility index (Phi) is 6.56. The molecule has 1 aromatic carbocycles. The lowest BCUT2D eigenvalue weighted by Gasteiger charge is -2.36. The zero-order valence-corrected chi connectivity index (χ0v) is 15.0. The smallest absolute Gasteiger partial charge is 0.409 e. The second-order valence-electron chi connectivity index (χ2n) is 6.21. The topological polar surface area (TPSA) is 49.9 Å². The Morgan fingerprint density at radius 1 is 1.28 bits per heavy atom. The van der Waals surface area contributed by atoms with Gasteiger partial charge in [-0.05, 0) is 50.5 Å². The van der Waals surface area contributed by atoms with Gasteiger partial charge >= 0.3 is 6.09 Å². The number of hydrogen-bond acceptors (Lipinski definition) is 3. The predicted molar refractivity (Wildman–Crippen MR) is 94.4 cm³/mol. The molecule has 0 bridgehead atoms. The summed E-state index contributed by atoms with van der Waals surface area (Å²) in [5.41, 5.74) is 1.41. The van der Waals surface area contributed by atoms with E-state index in [4.69, 9.17) is 4.74 Å². The highest BCUT2D eigenvalue weighted by molar-refractivity contribution is 5.97. The lowest BCUT2D eigenvalue weighted by atomic mass is 10.0. The van der Waals surface area contributed by atoms with Crippen molar-refractivity contribution in [3.8, 4) is 0 Å². The van der Waals surface area contributed by atoms with E-state index >= 15 is 0 Å².